The first-order valence-electron chi connectivity index (χ1n) is 6.32. The fraction of sp³-hybridized carbons (Fsp3) is 0. The number of hydrogen-bond donors (Lipinski definition) is 1. The molecule has 0 atom stereocenters. The van der Waals surface area contributed by atoms with Crippen LogP contribution in [0.1, 0.15) is 0 Å². The molecule has 1 aromatic heterocycles. The normalized spacial score (nSPS) is 11.8. The Bertz CT molecular complexity index is 1090. The van der Waals surface area contributed by atoms with Crippen molar-refractivity contribution < 1.29 is 21.6 Å². The lowest BCUT2D eigenvalue weighted by Crippen LogP contribution is -2.16. The van der Waals surface area contributed by atoms with Crippen molar-refractivity contribution in [1.29, 1.82) is 0 Å². The summed E-state index contributed by atoms with van der Waals surface area (Å²) in [7, 11) is -4.39. The first kappa shape index (κ1) is 15.3. The van der Waals surface area contributed by atoms with E-state index in [0.29, 0.717) is 12.1 Å². The van der Waals surface area contributed by atoms with E-state index in [1.54, 1.807) is 0 Å². The molecule has 0 bridgehead atoms. The van der Waals surface area contributed by atoms with Crippen molar-refractivity contribution >= 4 is 20.7 Å². The summed E-state index contributed by atoms with van der Waals surface area (Å²) in [4.78, 5) is 13.5. The third-order valence-electron chi connectivity index (χ3n) is 3.32. The predicted octanol–water partition coefficient (Wildman–Crippen LogP) is 2.78. The molecule has 0 saturated heterocycles. The molecule has 2 aromatic carbocycles. The van der Waals surface area contributed by atoms with Crippen molar-refractivity contribution in [3.8, 4) is 0 Å². The van der Waals surface area contributed by atoms with Crippen LogP contribution in [0.3, 0.4) is 0 Å². The van der Waals surface area contributed by atoms with E-state index in [1.807, 2.05) is 0 Å². The molecule has 23 heavy (non-hydrogen) atoms. The summed E-state index contributed by atoms with van der Waals surface area (Å²) in [5.41, 5.74) is -1.07. The van der Waals surface area contributed by atoms with Gasteiger partial charge < -0.3 is 4.98 Å². The zero-order chi connectivity index (χ0) is 16.8. The van der Waals surface area contributed by atoms with Gasteiger partial charge in [0.05, 0.1) is 10.4 Å². The van der Waals surface area contributed by atoms with Gasteiger partial charge in [0.2, 0.25) is 15.3 Å². The molecule has 1 N–H and O–H groups in total. The van der Waals surface area contributed by atoms with Gasteiger partial charge in [-0.05, 0) is 30.3 Å². The lowest BCUT2D eigenvalue weighted by atomic mass is 10.2. The van der Waals surface area contributed by atoms with Gasteiger partial charge >= 0.3 is 0 Å². The average molecular weight is 339 g/mol. The first-order chi connectivity index (χ1) is 10.8. The number of aromatic amines is 1. The van der Waals surface area contributed by atoms with Gasteiger partial charge in [-0.2, -0.15) is 0 Å². The van der Waals surface area contributed by atoms with Gasteiger partial charge in [0.25, 0.3) is 0 Å². The number of halogens is 3. The Morgan fingerprint density at radius 3 is 2.35 bits per heavy atom. The second kappa shape index (κ2) is 5.24. The monoisotopic (exact) mass is 339 g/mol. The number of rotatable bonds is 2. The smallest absolute Gasteiger partial charge is 0.212 e. The van der Waals surface area contributed by atoms with Gasteiger partial charge in [-0.1, -0.05) is 6.07 Å². The predicted molar refractivity (Wildman–Crippen MR) is 76.3 cm³/mol. The standard InChI is InChI=1S/C15H8F3NO3S/c16-10-5-4-8(6-12(10)18)23(21,22)13-7-19-14-9(15(13)20)2-1-3-11(14)17/h1-7H,(H,19,20). The first-order valence-corrected chi connectivity index (χ1v) is 7.81. The molecular weight excluding hydrogens is 331 g/mol. The van der Waals surface area contributed by atoms with Crippen molar-refractivity contribution in [2.24, 2.45) is 0 Å². The summed E-state index contributed by atoms with van der Waals surface area (Å²) in [5.74, 6) is -3.27. The number of hydrogen-bond acceptors (Lipinski definition) is 3. The number of H-pyrrole nitrogens is 1. The molecule has 4 nitrogen and oxygen atoms in total. The molecule has 3 rings (SSSR count). The van der Waals surface area contributed by atoms with E-state index < -0.39 is 42.5 Å². The van der Waals surface area contributed by atoms with E-state index in [4.69, 9.17) is 0 Å². The molecule has 0 saturated carbocycles. The molecular formula is C15H8F3NO3S. The number of para-hydroxylation sites is 1. The van der Waals surface area contributed by atoms with E-state index in [0.717, 1.165) is 18.3 Å². The van der Waals surface area contributed by atoms with Crippen LogP contribution in [0.15, 0.2) is 57.2 Å². The Balaban J connectivity index is 2.29. The molecule has 0 aliphatic rings. The fourth-order valence-corrected chi connectivity index (χ4v) is 3.49. The van der Waals surface area contributed by atoms with Gasteiger partial charge in [-0.25, -0.2) is 21.6 Å². The van der Waals surface area contributed by atoms with Crippen molar-refractivity contribution in [1.82, 2.24) is 4.98 Å². The topological polar surface area (TPSA) is 67.0 Å². The van der Waals surface area contributed by atoms with Crippen LogP contribution in [-0.2, 0) is 9.84 Å². The van der Waals surface area contributed by atoms with Crippen LogP contribution in [0.4, 0.5) is 13.2 Å². The number of pyridine rings is 1. The lowest BCUT2D eigenvalue weighted by molar-refractivity contribution is 0.504. The Kier molecular flexibility index (Phi) is 3.48. The number of sulfone groups is 1. The maximum atomic E-state index is 13.6. The summed E-state index contributed by atoms with van der Waals surface area (Å²) in [5, 5.41) is -0.159. The molecule has 0 fully saturated rings. The van der Waals surface area contributed by atoms with E-state index >= 15 is 0 Å². The highest BCUT2D eigenvalue weighted by Crippen LogP contribution is 2.22. The van der Waals surface area contributed by atoms with Crippen LogP contribution in [0, 0.1) is 17.5 Å². The van der Waals surface area contributed by atoms with Crippen LogP contribution in [0.5, 0.6) is 0 Å². The third kappa shape index (κ3) is 2.40. The molecule has 8 heteroatoms. The SMILES string of the molecule is O=c1c(S(=O)(=O)c2ccc(F)c(F)c2)c[nH]c2c(F)cccc12. The zero-order valence-electron chi connectivity index (χ0n) is 11.3. The number of nitrogens with one attached hydrogen (secondary N) is 1. The second-order valence-corrected chi connectivity index (χ2v) is 6.64. The lowest BCUT2D eigenvalue weighted by Gasteiger charge is -2.06. The van der Waals surface area contributed by atoms with E-state index in [1.165, 1.54) is 12.1 Å². The highest BCUT2D eigenvalue weighted by molar-refractivity contribution is 7.91. The van der Waals surface area contributed by atoms with Gasteiger partial charge in [-0.15, -0.1) is 0 Å². The van der Waals surface area contributed by atoms with E-state index in [-0.39, 0.29) is 10.9 Å². The Labute approximate surface area is 128 Å². The van der Waals surface area contributed by atoms with Crippen LogP contribution in [-0.4, -0.2) is 13.4 Å². The molecule has 3 aromatic rings. The second-order valence-electron chi connectivity index (χ2n) is 4.72. The highest BCUT2D eigenvalue weighted by atomic mass is 32.2. The summed E-state index contributed by atoms with van der Waals surface area (Å²) in [6.45, 7) is 0. The van der Waals surface area contributed by atoms with Crippen molar-refractivity contribution in [2.75, 3.05) is 0 Å². The van der Waals surface area contributed by atoms with Crippen LogP contribution in [0.2, 0.25) is 0 Å². The Morgan fingerprint density at radius 1 is 0.913 bits per heavy atom. The van der Waals surface area contributed by atoms with Crippen LogP contribution in [0.25, 0.3) is 10.9 Å². The number of benzene rings is 2. The van der Waals surface area contributed by atoms with E-state index in [9.17, 15) is 26.4 Å². The van der Waals surface area contributed by atoms with E-state index in [2.05, 4.69) is 4.98 Å². The molecule has 0 aliphatic heterocycles. The molecule has 0 unspecified atom stereocenters. The minimum Gasteiger partial charge on any atom is -0.357 e. The molecule has 0 spiro atoms. The van der Waals surface area contributed by atoms with Gasteiger partial charge in [0, 0.05) is 11.6 Å². The highest BCUT2D eigenvalue weighted by Gasteiger charge is 2.24. The summed E-state index contributed by atoms with van der Waals surface area (Å²) in [6.07, 6.45) is 0.838. The molecule has 0 amide bonds. The van der Waals surface area contributed by atoms with Crippen molar-refractivity contribution in [2.45, 2.75) is 9.79 Å². The van der Waals surface area contributed by atoms with Gasteiger partial charge in [-0.3, -0.25) is 4.79 Å². The summed E-state index contributed by atoms with van der Waals surface area (Å²) >= 11 is 0. The molecule has 118 valence electrons. The Morgan fingerprint density at radius 2 is 1.65 bits per heavy atom. The zero-order valence-corrected chi connectivity index (χ0v) is 12.1. The summed E-state index contributed by atoms with van der Waals surface area (Å²) < 4.78 is 64.7. The van der Waals surface area contributed by atoms with Crippen molar-refractivity contribution in [3.63, 3.8) is 0 Å². The molecule has 0 aliphatic carbocycles. The Hall–Kier alpha value is -2.61. The minimum absolute atomic E-state index is 0.137. The van der Waals surface area contributed by atoms with Crippen molar-refractivity contribution in [3.05, 3.63) is 70.3 Å². The van der Waals surface area contributed by atoms with Gasteiger partial charge in [0.15, 0.2) is 11.6 Å². The maximum absolute atomic E-state index is 13.6. The minimum atomic E-state index is -4.39. The summed E-state index contributed by atoms with van der Waals surface area (Å²) in [6, 6.07) is 5.63. The van der Waals surface area contributed by atoms with Crippen LogP contribution < -0.4 is 5.43 Å². The largest absolute Gasteiger partial charge is 0.357 e. The third-order valence-corrected chi connectivity index (χ3v) is 5.08. The maximum Gasteiger partial charge on any atom is 0.212 e. The average Bonchev–Trinajstić information content (AvgIpc) is 2.51. The van der Waals surface area contributed by atoms with Gasteiger partial charge in [0.1, 0.15) is 10.7 Å². The molecule has 1 heterocycles. The molecule has 0 radical (unpaired) electrons. The number of fused-ring (bicyclic) bond motifs is 1. The number of aromatic nitrogens is 1. The quantitative estimate of drug-likeness (QED) is 0.730. The fourth-order valence-electron chi connectivity index (χ4n) is 2.17. The van der Waals surface area contributed by atoms with Crippen LogP contribution >= 0.6 is 0 Å².